The molecule has 1 heterocycles. The highest BCUT2D eigenvalue weighted by molar-refractivity contribution is 5.45. The first-order valence-electron chi connectivity index (χ1n) is 6.25. The third-order valence-corrected chi connectivity index (χ3v) is 2.48. The predicted molar refractivity (Wildman–Crippen MR) is 73.3 cm³/mol. The zero-order valence-electron chi connectivity index (χ0n) is 11.4. The molecule has 0 amide bonds. The Morgan fingerprint density at radius 2 is 2.17 bits per heavy atom. The average molecular weight is 253 g/mol. The molecule has 6 heteroatoms. The first-order chi connectivity index (χ1) is 8.63. The van der Waals surface area contributed by atoms with Crippen LogP contribution in [0, 0.1) is 12.8 Å². The molecule has 0 radical (unpaired) electrons. The highest BCUT2D eigenvalue weighted by Crippen LogP contribution is 2.11. The van der Waals surface area contributed by atoms with Crippen LogP contribution in [0.2, 0.25) is 0 Å². The lowest BCUT2D eigenvalue weighted by atomic mass is 10.1. The van der Waals surface area contributed by atoms with E-state index in [2.05, 4.69) is 34.6 Å². The van der Waals surface area contributed by atoms with E-state index in [0.29, 0.717) is 18.5 Å². The lowest BCUT2D eigenvalue weighted by Crippen LogP contribution is -2.15. The fraction of sp³-hybridized carbons (Fsp3) is 0.667. The Labute approximate surface area is 108 Å². The number of anilines is 2. The van der Waals surface area contributed by atoms with Crippen LogP contribution in [0.5, 0.6) is 0 Å². The van der Waals surface area contributed by atoms with Gasteiger partial charge in [-0.05, 0) is 19.3 Å². The van der Waals surface area contributed by atoms with Gasteiger partial charge < -0.3 is 10.1 Å². The van der Waals surface area contributed by atoms with Crippen LogP contribution in [0.1, 0.15) is 25.8 Å². The molecule has 0 saturated heterocycles. The monoisotopic (exact) mass is 253 g/mol. The van der Waals surface area contributed by atoms with E-state index >= 15 is 0 Å². The van der Waals surface area contributed by atoms with Crippen LogP contribution in [0.25, 0.3) is 0 Å². The van der Waals surface area contributed by atoms with Crippen molar-refractivity contribution in [1.29, 1.82) is 0 Å². The molecule has 0 saturated carbocycles. The molecule has 0 aliphatic heterocycles. The van der Waals surface area contributed by atoms with E-state index in [-0.39, 0.29) is 0 Å². The largest absolute Gasteiger partial charge is 0.380 e. The Morgan fingerprint density at radius 1 is 1.39 bits per heavy atom. The van der Waals surface area contributed by atoms with E-state index in [0.717, 1.165) is 31.0 Å². The van der Waals surface area contributed by atoms with Gasteiger partial charge >= 0.3 is 0 Å². The molecular formula is C12H23N5O. The molecule has 4 N–H and O–H groups in total. The second-order valence-electron chi connectivity index (χ2n) is 4.59. The van der Waals surface area contributed by atoms with Gasteiger partial charge in [0.2, 0.25) is 5.95 Å². The number of hydrogen-bond donors (Lipinski definition) is 3. The smallest absolute Gasteiger partial charge is 0.239 e. The molecule has 0 atom stereocenters. The lowest BCUT2D eigenvalue weighted by Gasteiger charge is -2.10. The van der Waals surface area contributed by atoms with Crippen molar-refractivity contribution in [2.24, 2.45) is 11.8 Å². The zero-order chi connectivity index (χ0) is 13.4. The second kappa shape index (κ2) is 7.84. The van der Waals surface area contributed by atoms with Crippen molar-refractivity contribution in [3.8, 4) is 0 Å². The van der Waals surface area contributed by atoms with Crippen molar-refractivity contribution in [2.75, 3.05) is 30.5 Å². The molecule has 0 unspecified atom stereocenters. The van der Waals surface area contributed by atoms with Crippen molar-refractivity contribution in [2.45, 2.75) is 27.2 Å². The Kier molecular flexibility index (Phi) is 6.38. The van der Waals surface area contributed by atoms with Gasteiger partial charge in [0, 0.05) is 24.9 Å². The fourth-order valence-electron chi connectivity index (χ4n) is 1.35. The van der Waals surface area contributed by atoms with Crippen LogP contribution >= 0.6 is 0 Å². The summed E-state index contributed by atoms with van der Waals surface area (Å²) in [5, 5.41) is 3.20. The molecule has 0 aromatic carbocycles. The number of ether oxygens (including phenoxy) is 1. The number of hydrogen-bond acceptors (Lipinski definition) is 6. The van der Waals surface area contributed by atoms with Gasteiger partial charge in [-0.1, -0.05) is 13.8 Å². The highest BCUT2D eigenvalue weighted by atomic mass is 16.5. The Hall–Kier alpha value is -1.40. The fourth-order valence-corrected chi connectivity index (χ4v) is 1.35. The SMILES string of the molecule is Cc1cnc(NN)nc1NCCOCCC(C)C. The van der Waals surface area contributed by atoms with E-state index in [4.69, 9.17) is 10.6 Å². The number of aryl methyl sites for hydroxylation is 1. The summed E-state index contributed by atoms with van der Waals surface area (Å²) in [5.41, 5.74) is 3.41. The van der Waals surface area contributed by atoms with Crippen molar-refractivity contribution >= 4 is 11.8 Å². The van der Waals surface area contributed by atoms with Crippen LogP contribution in [0.4, 0.5) is 11.8 Å². The molecule has 0 bridgehead atoms. The van der Waals surface area contributed by atoms with Gasteiger partial charge in [0.15, 0.2) is 0 Å². The lowest BCUT2D eigenvalue weighted by molar-refractivity contribution is 0.132. The van der Waals surface area contributed by atoms with Gasteiger partial charge in [0.05, 0.1) is 6.61 Å². The Bertz CT molecular complexity index is 356. The molecular weight excluding hydrogens is 230 g/mol. The maximum absolute atomic E-state index is 5.52. The molecule has 6 nitrogen and oxygen atoms in total. The molecule has 0 spiro atoms. The molecule has 102 valence electrons. The summed E-state index contributed by atoms with van der Waals surface area (Å²) in [4.78, 5) is 8.24. The van der Waals surface area contributed by atoms with E-state index in [1.165, 1.54) is 0 Å². The van der Waals surface area contributed by atoms with Crippen LogP contribution < -0.4 is 16.6 Å². The first kappa shape index (κ1) is 14.7. The Balaban J connectivity index is 2.26. The minimum atomic E-state index is 0.406. The maximum Gasteiger partial charge on any atom is 0.239 e. The predicted octanol–water partition coefficient (Wildman–Crippen LogP) is 1.55. The summed E-state index contributed by atoms with van der Waals surface area (Å²) < 4.78 is 5.52. The number of rotatable bonds is 8. The van der Waals surface area contributed by atoms with E-state index < -0.39 is 0 Å². The van der Waals surface area contributed by atoms with Crippen molar-refractivity contribution in [3.63, 3.8) is 0 Å². The summed E-state index contributed by atoms with van der Waals surface area (Å²) in [7, 11) is 0. The number of aromatic nitrogens is 2. The van der Waals surface area contributed by atoms with E-state index in [9.17, 15) is 0 Å². The number of nitrogens with two attached hydrogens (primary N) is 1. The van der Waals surface area contributed by atoms with Gasteiger partial charge in [0.25, 0.3) is 0 Å². The third-order valence-electron chi connectivity index (χ3n) is 2.48. The second-order valence-corrected chi connectivity index (χ2v) is 4.59. The van der Waals surface area contributed by atoms with Gasteiger partial charge in [-0.15, -0.1) is 0 Å². The van der Waals surface area contributed by atoms with Crippen LogP contribution in [0.3, 0.4) is 0 Å². The Morgan fingerprint density at radius 3 is 2.83 bits per heavy atom. The topological polar surface area (TPSA) is 85.1 Å². The highest BCUT2D eigenvalue weighted by Gasteiger charge is 2.02. The standard InChI is InChI=1S/C12H23N5O/c1-9(2)4-6-18-7-5-14-11-10(3)8-15-12(16-11)17-13/h8-9H,4-7,13H2,1-3H3,(H2,14,15,16,17). The van der Waals surface area contributed by atoms with Crippen LogP contribution in [-0.2, 0) is 4.74 Å². The third kappa shape index (κ3) is 5.29. The minimum Gasteiger partial charge on any atom is -0.380 e. The summed E-state index contributed by atoms with van der Waals surface area (Å²) >= 11 is 0. The summed E-state index contributed by atoms with van der Waals surface area (Å²) in [6.07, 6.45) is 2.82. The number of nitrogen functional groups attached to an aromatic ring is 1. The summed E-state index contributed by atoms with van der Waals surface area (Å²) in [6, 6.07) is 0. The normalized spacial score (nSPS) is 10.7. The van der Waals surface area contributed by atoms with E-state index in [1.54, 1.807) is 6.20 Å². The van der Waals surface area contributed by atoms with Gasteiger partial charge in [-0.3, -0.25) is 5.43 Å². The maximum atomic E-state index is 5.52. The molecule has 0 fully saturated rings. The number of hydrazine groups is 1. The van der Waals surface area contributed by atoms with E-state index in [1.807, 2.05) is 6.92 Å². The van der Waals surface area contributed by atoms with Gasteiger partial charge in [-0.25, -0.2) is 10.8 Å². The number of nitrogens with zero attached hydrogens (tertiary/aromatic N) is 2. The van der Waals surface area contributed by atoms with Crippen LogP contribution in [-0.4, -0.2) is 29.7 Å². The van der Waals surface area contributed by atoms with Crippen LogP contribution in [0.15, 0.2) is 6.20 Å². The molecule has 0 aliphatic rings. The quantitative estimate of drug-likeness (QED) is 0.370. The molecule has 1 aromatic rings. The molecule has 0 aliphatic carbocycles. The average Bonchev–Trinajstić information content (AvgIpc) is 2.35. The molecule has 1 rings (SSSR count). The summed E-state index contributed by atoms with van der Waals surface area (Å²) in [5.74, 6) is 7.13. The minimum absolute atomic E-state index is 0.406. The zero-order valence-corrected chi connectivity index (χ0v) is 11.4. The first-order valence-corrected chi connectivity index (χ1v) is 6.25. The molecule has 18 heavy (non-hydrogen) atoms. The van der Waals surface area contributed by atoms with Gasteiger partial charge in [0.1, 0.15) is 5.82 Å². The number of nitrogens with one attached hydrogen (secondary N) is 2. The van der Waals surface area contributed by atoms with Crippen molar-refractivity contribution in [1.82, 2.24) is 9.97 Å². The van der Waals surface area contributed by atoms with Crippen molar-refractivity contribution in [3.05, 3.63) is 11.8 Å². The van der Waals surface area contributed by atoms with Gasteiger partial charge in [-0.2, -0.15) is 4.98 Å². The van der Waals surface area contributed by atoms with Crippen molar-refractivity contribution < 1.29 is 4.74 Å². The molecule has 1 aromatic heterocycles. The summed E-state index contributed by atoms with van der Waals surface area (Å²) in [6.45, 7) is 8.52.